The van der Waals surface area contributed by atoms with Gasteiger partial charge in [0.2, 0.25) is 11.9 Å². The van der Waals surface area contributed by atoms with Crippen LogP contribution in [-0.2, 0) is 0 Å². The zero-order valence-electron chi connectivity index (χ0n) is 9.51. The van der Waals surface area contributed by atoms with Crippen LogP contribution >= 0.6 is 0 Å². The number of hydrazone groups is 2. The van der Waals surface area contributed by atoms with Crippen molar-refractivity contribution in [2.75, 3.05) is 0 Å². The molecule has 0 amide bonds. The predicted molar refractivity (Wildman–Crippen MR) is 71.7 cm³/mol. The zero-order valence-corrected chi connectivity index (χ0v) is 9.51. The second-order valence-corrected chi connectivity index (χ2v) is 3.24. The fourth-order valence-corrected chi connectivity index (χ4v) is 1.07. The van der Waals surface area contributed by atoms with Crippen LogP contribution in [0.3, 0.4) is 0 Å². The first-order valence-corrected chi connectivity index (χ1v) is 4.94. The third-order valence-corrected chi connectivity index (χ3v) is 1.71. The Morgan fingerprint density at radius 3 is 1.83 bits per heavy atom. The molecule has 0 unspecified atom stereocenters. The second-order valence-electron chi connectivity index (χ2n) is 3.24. The lowest BCUT2D eigenvalue weighted by atomic mass is 10.1. The van der Waals surface area contributed by atoms with Crippen LogP contribution in [-0.4, -0.2) is 24.3 Å². The molecule has 0 aliphatic carbocycles. The Morgan fingerprint density at radius 1 is 1.00 bits per heavy atom. The maximum absolute atomic E-state index is 6.93. The van der Waals surface area contributed by atoms with Gasteiger partial charge >= 0.3 is 0 Å². The van der Waals surface area contributed by atoms with E-state index in [9.17, 15) is 0 Å². The second kappa shape index (κ2) is 6.63. The first kappa shape index (κ1) is 13.2. The number of nitrogens with zero attached hydrogens (tertiary/aromatic N) is 2. The average molecular weight is 246 g/mol. The molecule has 18 heavy (non-hydrogen) atoms. The van der Waals surface area contributed by atoms with Gasteiger partial charge in [-0.3, -0.25) is 10.8 Å². The minimum absolute atomic E-state index is 0.227. The van der Waals surface area contributed by atoms with E-state index in [2.05, 4.69) is 21.1 Å². The molecule has 0 saturated carbocycles. The van der Waals surface area contributed by atoms with Crippen molar-refractivity contribution in [2.45, 2.75) is 0 Å². The molecule has 0 atom stereocenters. The van der Waals surface area contributed by atoms with E-state index < -0.39 is 0 Å². The number of guanidine groups is 2. The van der Waals surface area contributed by atoms with Gasteiger partial charge in [-0.1, -0.05) is 18.2 Å². The van der Waals surface area contributed by atoms with Gasteiger partial charge in [0.15, 0.2) is 0 Å². The lowest BCUT2D eigenvalue weighted by Gasteiger charge is -1.98. The molecule has 1 rings (SSSR count). The van der Waals surface area contributed by atoms with Crippen molar-refractivity contribution in [2.24, 2.45) is 21.7 Å². The SMILES string of the molecule is N=C(N)N/N=C\c1cccc(/C=N/NC(=N)N)c1. The Balaban J connectivity index is 2.67. The number of benzene rings is 1. The normalized spacial score (nSPS) is 10.7. The van der Waals surface area contributed by atoms with E-state index in [1.165, 1.54) is 12.4 Å². The van der Waals surface area contributed by atoms with Crippen molar-refractivity contribution in [3.8, 4) is 0 Å². The van der Waals surface area contributed by atoms with Gasteiger partial charge in [-0.25, -0.2) is 10.9 Å². The molecule has 0 heterocycles. The van der Waals surface area contributed by atoms with Crippen LogP contribution in [0, 0.1) is 10.8 Å². The Hall–Kier alpha value is -2.90. The van der Waals surface area contributed by atoms with Crippen LogP contribution in [0.5, 0.6) is 0 Å². The molecule has 0 fully saturated rings. The Kier molecular flexibility index (Phi) is 4.85. The number of nitrogens with two attached hydrogens (primary N) is 2. The summed E-state index contributed by atoms with van der Waals surface area (Å²) in [7, 11) is 0. The smallest absolute Gasteiger partial charge is 0.206 e. The maximum atomic E-state index is 6.93. The van der Waals surface area contributed by atoms with Crippen molar-refractivity contribution in [3.05, 3.63) is 35.4 Å². The van der Waals surface area contributed by atoms with E-state index >= 15 is 0 Å². The van der Waals surface area contributed by atoms with Gasteiger partial charge in [-0.05, 0) is 17.2 Å². The van der Waals surface area contributed by atoms with E-state index in [1.807, 2.05) is 24.3 Å². The summed E-state index contributed by atoms with van der Waals surface area (Å²) in [5, 5.41) is 21.4. The fourth-order valence-electron chi connectivity index (χ4n) is 1.07. The maximum Gasteiger partial charge on any atom is 0.206 e. The molecule has 1 aromatic carbocycles. The molecule has 0 aliphatic rings. The van der Waals surface area contributed by atoms with Crippen LogP contribution < -0.4 is 22.3 Å². The van der Waals surface area contributed by atoms with Crippen LogP contribution in [0.25, 0.3) is 0 Å². The van der Waals surface area contributed by atoms with Crippen LogP contribution in [0.2, 0.25) is 0 Å². The van der Waals surface area contributed by atoms with Crippen LogP contribution in [0.1, 0.15) is 11.1 Å². The molecule has 0 aliphatic heterocycles. The Labute approximate surface area is 104 Å². The van der Waals surface area contributed by atoms with Crippen molar-refractivity contribution in [1.82, 2.24) is 10.9 Å². The van der Waals surface area contributed by atoms with E-state index in [-0.39, 0.29) is 11.9 Å². The van der Waals surface area contributed by atoms with Crippen molar-refractivity contribution >= 4 is 24.3 Å². The molecule has 0 spiro atoms. The average Bonchev–Trinajstić information content (AvgIpc) is 2.28. The van der Waals surface area contributed by atoms with E-state index in [0.717, 1.165) is 11.1 Å². The highest BCUT2D eigenvalue weighted by Crippen LogP contribution is 2.00. The summed E-state index contributed by atoms with van der Waals surface area (Å²) in [4.78, 5) is 0. The van der Waals surface area contributed by atoms with Gasteiger partial charge in [0.1, 0.15) is 0 Å². The monoisotopic (exact) mass is 246 g/mol. The van der Waals surface area contributed by atoms with Crippen molar-refractivity contribution < 1.29 is 0 Å². The van der Waals surface area contributed by atoms with Gasteiger partial charge in [-0.15, -0.1) is 0 Å². The molecule has 0 radical (unpaired) electrons. The third kappa shape index (κ3) is 5.26. The molecule has 0 bridgehead atoms. The summed E-state index contributed by atoms with van der Waals surface area (Å²) >= 11 is 0. The summed E-state index contributed by atoms with van der Waals surface area (Å²) < 4.78 is 0. The predicted octanol–water partition coefficient (Wildman–Crippen LogP) is -0.679. The highest BCUT2D eigenvalue weighted by Gasteiger charge is 1.91. The first-order valence-electron chi connectivity index (χ1n) is 4.94. The highest BCUT2D eigenvalue weighted by molar-refractivity contribution is 5.87. The third-order valence-electron chi connectivity index (χ3n) is 1.71. The first-order chi connectivity index (χ1) is 8.58. The van der Waals surface area contributed by atoms with Gasteiger partial charge in [0.05, 0.1) is 12.4 Å². The molecule has 8 heteroatoms. The zero-order chi connectivity index (χ0) is 13.4. The summed E-state index contributed by atoms with van der Waals surface area (Å²) in [5.74, 6) is -0.454. The molecular weight excluding hydrogens is 232 g/mol. The summed E-state index contributed by atoms with van der Waals surface area (Å²) in [6.07, 6.45) is 3.05. The van der Waals surface area contributed by atoms with Crippen LogP contribution in [0.4, 0.5) is 0 Å². The standard InChI is InChI=1S/C10H14N8/c11-9(12)17-15-5-7-2-1-3-8(4-7)6-16-18-10(13)14/h1-6H,(H4,11,12,17)(H4,13,14,18)/b15-5-,16-6+. The van der Waals surface area contributed by atoms with Gasteiger partial charge in [0, 0.05) is 0 Å². The number of nitrogens with one attached hydrogen (secondary N) is 4. The van der Waals surface area contributed by atoms with Gasteiger partial charge in [0.25, 0.3) is 0 Å². The summed E-state index contributed by atoms with van der Waals surface area (Å²) in [5.41, 5.74) is 16.4. The molecule has 0 aromatic heterocycles. The minimum atomic E-state index is -0.227. The quantitative estimate of drug-likeness (QED) is 0.237. The lowest BCUT2D eigenvalue weighted by molar-refractivity contribution is 1.00. The summed E-state index contributed by atoms with van der Waals surface area (Å²) in [6, 6.07) is 7.31. The minimum Gasteiger partial charge on any atom is -0.369 e. The van der Waals surface area contributed by atoms with Gasteiger partial charge in [-0.2, -0.15) is 10.2 Å². The van der Waals surface area contributed by atoms with Gasteiger partial charge < -0.3 is 11.5 Å². The Bertz CT molecular complexity index is 449. The Morgan fingerprint density at radius 2 is 1.44 bits per heavy atom. The number of hydrogen-bond acceptors (Lipinski definition) is 4. The highest BCUT2D eigenvalue weighted by atomic mass is 15.3. The molecule has 1 aromatic rings. The largest absolute Gasteiger partial charge is 0.369 e. The molecular formula is C10H14N8. The molecule has 8 N–H and O–H groups in total. The molecule has 8 nitrogen and oxygen atoms in total. The van der Waals surface area contributed by atoms with Crippen molar-refractivity contribution in [1.29, 1.82) is 10.8 Å². The number of hydrogen-bond donors (Lipinski definition) is 6. The summed E-state index contributed by atoms with van der Waals surface area (Å²) in [6.45, 7) is 0. The molecule has 0 saturated heterocycles. The lowest BCUT2D eigenvalue weighted by Crippen LogP contribution is -2.25. The van der Waals surface area contributed by atoms with Crippen LogP contribution in [0.15, 0.2) is 34.5 Å². The molecule has 94 valence electrons. The fraction of sp³-hybridized carbons (Fsp3) is 0. The topological polar surface area (TPSA) is 149 Å². The van der Waals surface area contributed by atoms with E-state index in [1.54, 1.807) is 0 Å². The van der Waals surface area contributed by atoms with Crippen molar-refractivity contribution in [3.63, 3.8) is 0 Å². The van der Waals surface area contributed by atoms with E-state index in [4.69, 9.17) is 22.3 Å². The number of rotatable bonds is 4. The van der Waals surface area contributed by atoms with E-state index in [0.29, 0.717) is 0 Å².